The summed E-state index contributed by atoms with van der Waals surface area (Å²) in [5.41, 5.74) is 1.45. The molecule has 0 saturated heterocycles. The van der Waals surface area contributed by atoms with Crippen LogP contribution in [0, 0.1) is 0 Å². The third-order valence-electron chi connectivity index (χ3n) is 3.99. The first-order chi connectivity index (χ1) is 11.5. The molecular weight excluding hydrogens is 416 g/mol. The highest BCUT2D eigenvalue weighted by molar-refractivity contribution is 9.10. The lowest BCUT2D eigenvalue weighted by molar-refractivity contribution is -0.0733. The third kappa shape index (κ3) is 3.47. The van der Waals surface area contributed by atoms with Crippen molar-refractivity contribution in [1.29, 1.82) is 0 Å². The van der Waals surface area contributed by atoms with Crippen LogP contribution in [0.15, 0.2) is 27.8 Å². The van der Waals surface area contributed by atoms with Gasteiger partial charge in [0, 0.05) is 16.5 Å². The molecule has 1 atom stereocenters. The molecule has 1 unspecified atom stereocenters. The maximum absolute atomic E-state index is 11.2. The monoisotopic (exact) mass is 430 g/mol. The SMILES string of the molecule is CSc1nc(Cl)c(CO)c(CC2(O)COCc3ccc(Br)cc32)n1. The van der Waals surface area contributed by atoms with E-state index >= 15 is 0 Å². The van der Waals surface area contributed by atoms with Crippen LogP contribution >= 0.6 is 39.3 Å². The summed E-state index contributed by atoms with van der Waals surface area (Å²) in [6.07, 6.45) is 2.03. The topological polar surface area (TPSA) is 75.5 Å². The van der Waals surface area contributed by atoms with E-state index in [9.17, 15) is 10.2 Å². The highest BCUT2D eigenvalue weighted by Crippen LogP contribution is 2.36. The smallest absolute Gasteiger partial charge is 0.188 e. The number of benzene rings is 1. The van der Waals surface area contributed by atoms with Crippen molar-refractivity contribution < 1.29 is 14.9 Å². The summed E-state index contributed by atoms with van der Waals surface area (Å²) in [6, 6.07) is 5.74. The van der Waals surface area contributed by atoms with Gasteiger partial charge in [0.1, 0.15) is 10.8 Å². The van der Waals surface area contributed by atoms with Crippen LogP contribution < -0.4 is 0 Å². The zero-order valence-corrected chi connectivity index (χ0v) is 16.1. The maximum atomic E-state index is 11.2. The molecule has 2 N–H and O–H groups in total. The minimum atomic E-state index is -1.24. The Morgan fingerprint density at radius 2 is 2.21 bits per heavy atom. The summed E-state index contributed by atoms with van der Waals surface area (Å²) in [7, 11) is 0. The number of fused-ring (bicyclic) bond motifs is 1. The lowest BCUT2D eigenvalue weighted by Gasteiger charge is -2.34. The molecule has 3 rings (SSSR count). The van der Waals surface area contributed by atoms with Crippen LogP contribution in [0.3, 0.4) is 0 Å². The number of hydrogen-bond acceptors (Lipinski definition) is 6. The highest BCUT2D eigenvalue weighted by atomic mass is 79.9. The Labute approximate surface area is 157 Å². The molecule has 0 spiro atoms. The number of nitrogens with zero attached hydrogens (tertiary/aromatic N) is 2. The van der Waals surface area contributed by atoms with Crippen LogP contribution in [-0.4, -0.2) is 33.0 Å². The van der Waals surface area contributed by atoms with Crippen molar-refractivity contribution in [2.75, 3.05) is 12.9 Å². The average Bonchev–Trinajstić information content (AvgIpc) is 2.55. The summed E-state index contributed by atoms with van der Waals surface area (Å²) in [5.74, 6) is 0. The van der Waals surface area contributed by atoms with E-state index in [4.69, 9.17) is 16.3 Å². The van der Waals surface area contributed by atoms with Crippen LogP contribution in [0.5, 0.6) is 0 Å². The molecule has 0 bridgehead atoms. The standard InChI is InChI=1S/C16H16BrClN2O3S/c1-24-15-19-13(11(6-21)14(18)20-15)5-16(22)8-23-7-9-2-3-10(17)4-12(9)16/h2-4,21-22H,5-8H2,1H3. The van der Waals surface area contributed by atoms with Crippen LogP contribution in [0.25, 0.3) is 0 Å². The van der Waals surface area contributed by atoms with Crippen molar-refractivity contribution in [3.05, 3.63) is 50.2 Å². The molecule has 0 radical (unpaired) electrons. The molecule has 24 heavy (non-hydrogen) atoms. The van der Waals surface area contributed by atoms with Crippen molar-refractivity contribution in [1.82, 2.24) is 9.97 Å². The van der Waals surface area contributed by atoms with E-state index in [1.54, 1.807) is 0 Å². The number of hydrogen-bond donors (Lipinski definition) is 2. The van der Waals surface area contributed by atoms with Crippen LogP contribution in [0.1, 0.15) is 22.4 Å². The summed E-state index contributed by atoms with van der Waals surface area (Å²) in [4.78, 5) is 8.57. The Morgan fingerprint density at radius 3 is 2.92 bits per heavy atom. The summed E-state index contributed by atoms with van der Waals surface area (Å²) >= 11 is 11.0. The fourth-order valence-electron chi connectivity index (χ4n) is 2.81. The number of aromatic nitrogens is 2. The fraction of sp³-hybridized carbons (Fsp3) is 0.375. The second kappa shape index (κ2) is 7.27. The normalized spacial score (nSPS) is 20.0. The van der Waals surface area contributed by atoms with E-state index < -0.39 is 5.60 Å². The van der Waals surface area contributed by atoms with Crippen LogP contribution in [0.4, 0.5) is 0 Å². The van der Waals surface area contributed by atoms with Crippen molar-refractivity contribution in [2.45, 2.75) is 30.4 Å². The molecule has 1 aromatic carbocycles. The van der Waals surface area contributed by atoms with Gasteiger partial charge in [-0.2, -0.15) is 0 Å². The maximum Gasteiger partial charge on any atom is 0.188 e. The molecule has 0 saturated carbocycles. The van der Waals surface area contributed by atoms with Gasteiger partial charge in [-0.1, -0.05) is 45.4 Å². The van der Waals surface area contributed by atoms with Crippen molar-refractivity contribution in [2.24, 2.45) is 0 Å². The Balaban J connectivity index is 2.06. The number of thioether (sulfide) groups is 1. The number of aliphatic hydroxyl groups is 2. The molecule has 1 aliphatic rings. The van der Waals surface area contributed by atoms with Crippen molar-refractivity contribution in [3.8, 4) is 0 Å². The number of rotatable bonds is 4. The number of halogens is 2. The zero-order valence-electron chi connectivity index (χ0n) is 12.9. The van der Waals surface area contributed by atoms with Gasteiger partial charge in [-0.05, 0) is 29.5 Å². The van der Waals surface area contributed by atoms with E-state index in [0.29, 0.717) is 23.0 Å². The van der Waals surface area contributed by atoms with Gasteiger partial charge >= 0.3 is 0 Å². The fourth-order valence-corrected chi connectivity index (χ4v) is 3.86. The minimum Gasteiger partial charge on any atom is -0.391 e. The van der Waals surface area contributed by atoms with Crippen LogP contribution in [0.2, 0.25) is 5.15 Å². The van der Waals surface area contributed by atoms with Crippen LogP contribution in [-0.2, 0) is 30.0 Å². The van der Waals surface area contributed by atoms with E-state index in [2.05, 4.69) is 25.9 Å². The first kappa shape index (κ1) is 18.1. The summed E-state index contributed by atoms with van der Waals surface area (Å²) < 4.78 is 6.46. The molecule has 2 heterocycles. The average molecular weight is 432 g/mol. The predicted octanol–water partition coefficient (Wildman–Crippen LogP) is 3.07. The molecule has 5 nitrogen and oxygen atoms in total. The second-order valence-corrected chi connectivity index (χ2v) is 7.63. The molecule has 0 aliphatic carbocycles. The molecule has 128 valence electrons. The Kier molecular flexibility index (Phi) is 5.48. The van der Waals surface area contributed by atoms with Gasteiger partial charge in [-0.15, -0.1) is 0 Å². The van der Waals surface area contributed by atoms with Gasteiger partial charge in [0.05, 0.1) is 25.5 Å². The molecule has 1 aliphatic heterocycles. The lowest BCUT2D eigenvalue weighted by atomic mass is 9.84. The largest absolute Gasteiger partial charge is 0.391 e. The Bertz CT molecular complexity index is 777. The van der Waals surface area contributed by atoms with Gasteiger partial charge in [0.2, 0.25) is 0 Å². The van der Waals surface area contributed by atoms with Gasteiger partial charge in [0.25, 0.3) is 0 Å². The Morgan fingerprint density at radius 1 is 1.42 bits per heavy atom. The molecule has 1 aromatic heterocycles. The first-order valence-electron chi connectivity index (χ1n) is 7.26. The number of ether oxygens (including phenoxy) is 1. The van der Waals surface area contributed by atoms with E-state index in [-0.39, 0.29) is 24.8 Å². The van der Waals surface area contributed by atoms with Gasteiger partial charge in [-0.25, -0.2) is 9.97 Å². The molecule has 2 aromatic rings. The first-order valence-corrected chi connectivity index (χ1v) is 9.65. The molecule has 0 fully saturated rings. The van der Waals surface area contributed by atoms with Gasteiger partial charge < -0.3 is 14.9 Å². The zero-order chi connectivity index (χ0) is 17.3. The summed E-state index contributed by atoms with van der Waals surface area (Å²) in [5, 5.41) is 21.6. The molecule has 8 heteroatoms. The predicted molar refractivity (Wildman–Crippen MR) is 96.1 cm³/mol. The van der Waals surface area contributed by atoms with Gasteiger partial charge in [0.15, 0.2) is 5.16 Å². The molecular formula is C16H16BrClN2O3S. The van der Waals surface area contributed by atoms with Crippen molar-refractivity contribution >= 4 is 39.3 Å². The lowest BCUT2D eigenvalue weighted by Crippen LogP contribution is -2.39. The molecule has 0 amide bonds. The van der Waals surface area contributed by atoms with Crippen molar-refractivity contribution in [3.63, 3.8) is 0 Å². The third-order valence-corrected chi connectivity index (χ3v) is 5.35. The highest BCUT2D eigenvalue weighted by Gasteiger charge is 2.37. The van der Waals surface area contributed by atoms with E-state index in [1.807, 2.05) is 24.5 Å². The van der Waals surface area contributed by atoms with Gasteiger partial charge in [-0.3, -0.25) is 0 Å². The quantitative estimate of drug-likeness (QED) is 0.440. The Hall–Kier alpha value is -0.700. The minimum absolute atomic E-state index is 0.150. The van der Waals surface area contributed by atoms with E-state index in [0.717, 1.165) is 15.6 Å². The second-order valence-electron chi connectivity index (χ2n) is 5.59. The number of aliphatic hydroxyl groups excluding tert-OH is 1. The van der Waals surface area contributed by atoms with E-state index in [1.165, 1.54) is 11.8 Å². The summed E-state index contributed by atoms with van der Waals surface area (Å²) in [6.45, 7) is 0.320.